The average Bonchev–Trinajstić information content (AvgIpc) is 2.97. The van der Waals surface area contributed by atoms with Crippen LogP contribution in [0.4, 0.5) is 0 Å². The summed E-state index contributed by atoms with van der Waals surface area (Å²) >= 11 is 0. The van der Waals surface area contributed by atoms with E-state index in [1.165, 1.54) is 17.1 Å². The van der Waals surface area contributed by atoms with Gasteiger partial charge in [0.25, 0.3) is 0 Å². The van der Waals surface area contributed by atoms with Gasteiger partial charge in [-0.05, 0) is 31.4 Å². The van der Waals surface area contributed by atoms with E-state index in [1.807, 2.05) is 38.1 Å². The molecule has 0 amide bonds. The predicted molar refractivity (Wildman–Crippen MR) is 84.4 cm³/mol. The number of hydrogen-bond donors (Lipinski definition) is 2. The first-order chi connectivity index (χ1) is 10.4. The molecule has 1 heterocycles. The van der Waals surface area contributed by atoms with Crippen LogP contribution in [-0.4, -0.2) is 36.5 Å². The first-order valence-corrected chi connectivity index (χ1v) is 8.63. The molecule has 6 nitrogen and oxygen atoms in total. The fourth-order valence-electron chi connectivity index (χ4n) is 1.94. The van der Waals surface area contributed by atoms with Gasteiger partial charge in [0.05, 0.1) is 18.1 Å². The maximum atomic E-state index is 12.2. The summed E-state index contributed by atoms with van der Waals surface area (Å²) in [6, 6.07) is 7.66. The minimum atomic E-state index is -3.58. The number of nitrogens with one attached hydrogen (secondary N) is 1. The Morgan fingerprint density at radius 3 is 2.64 bits per heavy atom. The normalized spacial score (nSPS) is 13.2. The van der Waals surface area contributed by atoms with E-state index in [0.29, 0.717) is 13.0 Å². The second-order valence-electron chi connectivity index (χ2n) is 5.43. The summed E-state index contributed by atoms with van der Waals surface area (Å²) in [4.78, 5) is 0.129. The quantitative estimate of drug-likeness (QED) is 0.808. The number of benzene rings is 1. The van der Waals surface area contributed by atoms with Gasteiger partial charge >= 0.3 is 0 Å². The Labute approximate surface area is 130 Å². The minimum absolute atomic E-state index is 0.0499. The third kappa shape index (κ3) is 4.16. The van der Waals surface area contributed by atoms with Crippen LogP contribution in [0.5, 0.6) is 0 Å². The zero-order valence-electron chi connectivity index (χ0n) is 12.7. The van der Waals surface area contributed by atoms with Gasteiger partial charge in [-0.15, -0.1) is 0 Å². The number of rotatable bonds is 7. The summed E-state index contributed by atoms with van der Waals surface area (Å²) in [5.74, 6) is 0.0759. The zero-order chi connectivity index (χ0) is 16.2. The number of aromatic nitrogens is 2. The van der Waals surface area contributed by atoms with E-state index in [0.717, 1.165) is 11.3 Å². The topological polar surface area (TPSA) is 84.2 Å². The number of nitrogens with zero attached hydrogens (tertiary/aromatic N) is 2. The van der Waals surface area contributed by atoms with Gasteiger partial charge in [-0.1, -0.05) is 24.6 Å². The highest BCUT2D eigenvalue weighted by Crippen LogP contribution is 2.13. The lowest BCUT2D eigenvalue weighted by molar-refractivity contribution is 0.263. The molecule has 1 aromatic carbocycles. The molecule has 1 atom stereocenters. The van der Waals surface area contributed by atoms with Crippen molar-refractivity contribution < 1.29 is 13.5 Å². The molecular weight excluding hydrogens is 302 g/mol. The summed E-state index contributed by atoms with van der Waals surface area (Å²) in [6.45, 7) is 4.21. The Bertz CT molecular complexity index is 708. The molecule has 0 aliphatic carbocycles. The molecule has 0 radical (unpaired) electrons. The third-order valence-corrected chi connectivity index (χ3v) is 4.79. The molecule has 7 heteroatoms. The fraction of sp³-hybridized carbons (Fsp3) is 0.400. The molecule has 120 valence electrons. The highest BCUT2D eigenvalue weighted by Gasteiger charge is 2.17. The molecule has 2 rings (SSSR count). The van der Waals surface area contributed by atoms with Crippen molar-refractivity contribution in [3.05, 3.63) is 42.2 Å². The monoisotopic (exact) mass is 323 g/mol. The predicted octanol–water partition coefficient (Wildman–Crippen LogP) is 1.48. The summed E-state index contributed by atoms with van der Waals surface area (Å²) in [7, 11) is -3.58. The van der Waals surface area contributed by atoms with Crippen molar-refractivity contribution in [2.45, 2.75) is 25.2 Å². The van der Waals surface area contributed by atoms with E-state index in [1.54, 1.807) is 0 Å². The molecule has 22 heavy (non-hydrogen) atoms. The van der Waals surface area contributed by atoms with E-state index in [2.05, 4.69) is 9.82 Å². The third-order valence-electron chi connectivity index (χ3n) is 3.41. The van der Waals surface area contributed by atoms with Gasteiger partial charge in [0, 0.05) is 13.2 Å². The first-order valence-electron chi connectivity index (χ1n) is 7.14. The average molecular weight is 323 g/mol. The highest BCUT2D eigenvalue weighted by molar-refractivity contribution is 7.89. The van der Waals surface area contributed by atoms with E-state index in [4.69, 9.17) is 5.11 Å². The number of aryl methyl sites for hydroxylation is 1. The largest absolute Gasteiger partial charge is 0.396 e. The Kier molecular flexibility index (Phi) is 5.33. The first kappa shape index (κ1) is 16.7. The maximum Gasteiger partial charge on any atom is 0.243 e. The van der Waals surface area contributed by atoms with Crippen LogP contribution >= 0.6 is 0 Å². The van der Waals surface area contributed by atoms with Gasteiger partial charge in [-0.25, -0.2) is 17.8 Å². The summed E-state index contributed by atoms with van der Waals surface area (Å²) in [5, 5.41) is 12.9. The summed E-state index contributed by atoms with van der Waals surface area (Å²) in [5.41, 5.74) is 1.93. The van der Waals surface area contributed by atoms with Crippen molar-refractivity contribution in [2.24, 2.45) is 5.92 Å². The Morgan fingerprint density at radius 2 is 2.00 bits per heavy atom. The molecular formula is C15H21N3O3S. The maximum absolute atomic E-state index is 12.2. The van der Waals surface area contributed by atoms with Gasteiger partial charge in [-0.2, -0.15) is 5.10 Å². The highest BCUT2D eigenvalue weighted by atomic mass is 32.2. The van der Waals surface area contributed by atoms with Crippen LogP contribution in [0.15, 0.2) is 41.6 Å². The zero-order valence-corrected chi connectivity index (χ0v) is 13.5. The van der Waals surface area contributed by atoms with Crippen molar-refractivity contribution in [2.75, 3.05) is 13.2 Å². The van der Waals surface area contributed by atoms with Crippen LogP contribution in [0, 0.1) is 12.8 Å². The Balaban J connectivity index is 2.11. The summed E-state index contributed by atoms with van der Waals surface area (Å²) < 4.78 is 28.5. The lowest BCUT2D eigenvalue weighted by Crippen LogP contribution is -2.28. The number of aliphatic hydroxyl groups excluding tert-OH is 1. The standard InChI is InChI=1S/C15H21N3O3S/c1-12-3-5-14(6-4-12)18-11-15(10-16-18)22(20,21)17-9-13(2)7-8-19/h3-6,10-11,13,17,19H,7-9H2,1-2H3. The second-order valence-corrected chi connectivity index (χ2v) is 7.19. The SMILES string of the molecule is Cc1ccc(-n2cc(S(=O)(=O)NCC(C)CCO)cn2)cc1. The van der Waals surface area contributed by atoms with Gasteiger partial charge in [0.15, 0.2) is 0 Å². The van der Waals surface area contributed by atoms with Gasteiger partial charge < -0.3 is 5.11 Å². The molecule has 0 aliphatic rings. The lowest BCUT2D eigenvalue weighted by atomic mass is 10.1. The fourth-order valence-corrected chi connectivity index (χ4v) is 3.04. The van der Waals surface area contributed by atoms with E-state index in [-0.39, 0.29) is 17.4 Å². The number of sulfonamides is 1. The van der Waals surface area contributed by atoms with Crippen LogP contribution in [0.25, 0.3) is 5.69 Å². The van der Waals surface area contributed by atoms with Crippen molar-refractivity contribution in [1.82, 2.24) is 14.5 Å². The van der Waals surface area contributed by atoms with Crippen molar-refractivity contribution >= 4 is 10.0 Å². The van der Waals surface area contributed by atoms with E-state index >= 15 is 0 Å². The minimum Gasteiger partial charge on any atom is -0.396 e. The molecule has 2 aromatic rings. The summed E-state index contributed by atoms with van der Waals surface area (Å²) in [6.07, 6.45) is 3.38. The Morgan fingerprint density at radius 1 is 1.32 bits per heavy atom. The molecule has 0 aliphatic heterocycles. The molecule has 1 aromatic heterocycles. The van der Waals surface area contributed by atoms with Crippen LogP contribution in [0.1, 0.15) is 18.9 Å². The number of aliphatic hydroxyl groups is 1. The van der Waals surface area contributed by atoms with Crippen LogP contribution < -0.4 is 4.72 Å². The molecule has 0 spiro atoms. The lowest BCUT2D eigenvalue weighted by Gasteiger charge is -2.10. The van der Waals surface area contributed by atoms with Gasteiger partial charge in [-0.3, -0.25) is 0 Å². The van der Waals surface area contributed by atoms with Crippen molar-refractivity contribution in [3.63, 3.8) is 0 Å². The molecule has 2 N–H and O–H groups in total. The van der Waals surface area contributed by atoms with E-state index < -0.39 is 10.0 Å². The van der Waals surface area contributed by atoms with Gasteiger partial charge in [0.2, 0.25) is 10.0 Å². The molecule has 0 fully saturated rings. The van der Waals surface area contributed by atoms with Crippen LogP contribution in [0.2, 0.25) is 0 Å². The van der Waals surface area contributed by atoms with E-state index in [9.17, 15) is 8.42 Å². The Hall–Kier alpha value is -1.70. The second kappa shape index (κ2) is 7.04. The van der Waals surface area contributed by atoms with Crippen LogP contribution in [0.3, 0.4) is 0 Å². The van der Waals surface area contributed by atoms with Gasteiger partial charge in [0.1, 0.15) is 4.90 Å². The number of hydrogen-bond acceptors (Lipinski definition) is 4. The van der Waals surface area contributed by atoms with Crippen molar-refractivity contribution in [3.8, 4) is 5.69 Å². The molecule has 1 unspecified atom stereocenters. The van der Waals surface area contributed by atoms with Crippen molar-refractivity contribution in [1.29, 1.82) is 0 Å². The molecule has 0 saturated carbocycles. The van der Waals surface area contributed by atoms with Crippen LogP contribution in [-0.2, 0) is 10.0 Å². The molecule has 0 bridgehead atoms. The smallest absolute Gasteiger partial charge is 0.243 e. The molecule has 0 saturated heterocycles.